The van der Waals surface area contributed by atoms with Crippen molar-refractivity contribution < 1.29 is 4.74 Å². The minimum absolute atomic E-state index is 0.208. The zero-order chi connectivity index (χ0) is 13.0. The third-order valence-electron chi connectivity index (χ3n) is 3.59. The van der Waals surface area contributed by atoms with Crippen LogP contribution in [0.1, 0.15) is 51.5 Å². The van der Waals surface area contributed by atoms with Crippen molar-refractivity contribution in [2.24, 2.45) is 5.92 Å². The molecule has 18 heavy (non-hydrogen) atoms. The lowest BCUT2D eigenvalue weighted by molar-refractivity contribution is 0.0831. The summed E-state index contributed by atoms with van der Waals surface area (Å²) in [5.74, 6) is 0.575. The normalized spacial score (nSPS) is 24.0. The van der Waals surface area contributed by atoms with Crippen LogP contribution in [0, 0.1) is 5.92 Å². The molecule has 1 N–H and O–H groups in total. The van der Waals surface area contributed by atoms with Crippen LogP contribution in [0.25, 0.3) is 0 Å². The first kappa shape index (κ1) is 13.6. The molecule has 0 radical (unpaired) electrons. The molecule has 0 aliphatic carbocycles. The molecule has 1 aliphatic rings. The standard InChI is InChI=1S/C14H25N3O/c1-4-6-15-8-12-5-7-18-14(12)13-9-16-10-17(13)11(2)3/h9-12,14-15H,4-8H2,1-3H3. The van der Waals surface area contributed by atoms with Crippen molar-refractivity contribution >= 4 is 0 Å². The SMILES string of the molecule is CCCNCC1CCOC1c1cncn1C(C)C. The van der Waals surface area contributed by atoms with Gasteiger partial charge in [0, 0.05) is 25.1 Å². The van der Waals surface area contributed by atoms with Gasteiger partial charge in [0.1, 0.15) is 6.10 Å². The monoisotopic (exact) mass is 251 g/mol. The molecule has 102 valence electrons. The van der Waals surface area contributed by atoms with Crippen molar-refractivity contribution in [3.05, 3.63) is 18.2 Å². The Morgan fingerprint density at radius 3 is 3.11 bits per heavy atom. The summed E-state index contributed by atoms with van der Waals surface area (Å²) in [4.78, 5) is 4.28. The third kappa shape index (κ3) is 2.93. The second-order valence-corrected chi connectivity index (χ2v) is 5.36. The predicted molar refractivity (Wildman–Crippen MR) is 72.6 cm³/mol. The van der Waals surface area contributed by atoms with E-state index >= 15 is 0 Å². The topological polar surface area (TPSA) is 39.1 Å². The van der Waals surface area contributed by atoms with Gasteiger partial charge < -0.3 is 14.6 Å². The number of hydrogen-bond donors (Lipinski definition) is 1. The Morgan fingerprint density at radius 1 is 1.56 bits per heavy atom. The van der Waals surface area contributed by atoms with Crippen molar-refractivity contribution in [3.63, 3.8) is 0 Å². The fourth-order valence-electron chi connectivity index (χ4n) is 2.60. The van der Waals surface area contributed by atoms with Crippen LogP contribution < -0.4 is 5.32 Å². The molecule has 1 aromatic rings. The van der Waals surface area contributed by atoms with Crippen molar-refractivity contribution in [1.29, 1.82) is 0 Å². The first-order chi connectivity index (χ1) is 8.74. The van der Waals surface area contributed by atoms with Crippen molar-refractivity contribution in [2.75, 3.05) is 19.7 Å². The van der Waals surface area contributed by atoms with Crippen LogP contribution in [-0.2, 0) is 4.74 Å². The van der Waals surface area contributed by atoms with E-state index in [2.05, 4.69) is 35.6 Å². The predicted octanol–water partition coefficient (Wildman–Crippen LogP) is 2.54. The minimum atomic E-state index is 0.208. The first-order valence-corrected chi connectivity index (χ1v) is 7.08. The van der Waals surface area contributed by atoms with E-state index < -0.39 is 0 Å². The zero-order valence-corrected chi connectivity index (χ0v) is 11.7. The fourth-order valence-corrected chi connectivity index (χ4v) is 2.60. The number of aromatic nitrogens is 2. The summed E-state index contributed by atoms with van der Waals surface area (Å²) >= 11 is 0. The summed E-state index contributed by atoms with van der Waals surface area (Å²) in [6.45, 7) is 9.57. The minimum Gasteiger partial charge on any atom is -0.372 e. The smallest absolute Gasteiger partial charge is 0.103 e. The Hall–Kier alpha value is -0.870. The van der Waals surface area contributed by atoms with Gasteiger partial charge in [0.05, 0.1) is 18.2 Å². The number of ether oxygens (including phenoxy) is 1. The molecule has 0 saturated carbocycles. The van der Waals surface area contributed by atoms with Crippen molar-refractivity contribution in [1.82, 2.24) is 14.9 Å². The third-order valence-corrected chi connectivity index (χ3v) is 3.59. The number of nitrogens with zero attached hydrogens (tertiary/aromatic N) is 2. The lowest BCUT2D eigenvalue weighted by Gasteiger charge is -2.22. The summed E-state index contributed by atoms with van der Waals surface area (Å²) in [7, 11) is 0. The maximum absolute atomic E-state index is 5.93. The highest BCUT2D eigenvalue weighted by molar-refractivity contribution is 5.07. The Morgan fingerprint density at radius 2 is 2.39 bits per heavy atom. The second-order valence-electron chi connectivity index (χ2n) is 5.36. The molecule has 2 atom stereocenters. The number of nitrogens with one attached hydrogen (secondary N) is 1. The molecule has 2 heterocycles. The quantitative estimate of drug-likeness (QED) is 0.790. The molecule has 0 aromatic carbocycles. The maximum atomic E-state index is 5.93. The summed E-state index contributed by atoms with van der Waals surface area (Å²) in [5.41, 5.74) is 1.23. The summed E-state index contributed by atoms with van der Waals surface area (Å²) in [5, 5.41) is 3.51. The molecule has 2 unspecified atom stereocenters. The van der Waals surface area contributed by atoms with Gasteiger partial charge in [-0.2, -0.15) is 0 Å². The van der Waals surface area contributed by atoms with Crippen molar-refractivity contribution in [2.45, 2.75) is 45.8 Å². The Bertz CT molecular complexity index is 362. The van der Waals surface area contributed by atoms with E-state index in [0.717, 1.165) is 26.1 Å². The lowest BCUT2D eigenvalue weighted by atomic mass is 9.99. The van der Waals surface area contributed by atoms with E-state index in [-0.39, 0.29) is 6.10 Å². The van der Waals surface area contributed by atoms with Gasteiger partial charge in [-0.15, -0.1) is 0 Å². The highest BCUT2D eigenvalue weighted by atomic mass is 16.5. The molecule has 1 aromatic heterocycles. The van der Waals surface area contributed by atoms with Crippen LogP contribution in [-0.4, -0.2) is 29.2 Å². The summed E-state index contributed by atoms with van der Waals surface area (Å²) in [6, 6.07) is 0.441. The maximum Gasteiger partial charge on any atom is 0.103 e. The molecule has 2 rings (SSSR count). The zero-order valence-electron chi connectivity index (χ0n) is 11.7. The summed E-state index contributed by atoms with van der Waals surface area (Å²) < 4.78 is 8.16. The Balaban J connectivity index is 2.03. The van der Waals surface area contributed by atoms with Crippen LogP contribution in [0.5, 0.6) is 0 Å². The van der Waals surface area contributed by atoms with Gasteiger partial charge in [-0.05, 0) is 33.2 Å². The molecule has 1 saturated heterocycles. The Labute approximate surface area is 110 Å². The van der Waals surface area contributed by atoms with Gasteiger partial charge in [-0.3, -0.25) is 0 Å². The molecule has 0 spiro atoms. The number of hydrogen-bond acceptors (Lipinski definition) is 3. The molecular formula is C14H25N3O. The van der Waals surface area contributed by atoms with E-state index in [9.17, 15) is 0 Å². The molecule has 4 heteroatoms. The van der Waals surface area contributed by atoms with Gasteiger partial charge in [0.2, 0.25) is 0 Å². The van der Waals surface area contributed by atoms with E-state index in [1.807, 2.05) is 12.5 Å². The molecule has 1 fully saturated rings. The van der Waals surface area contributed by atoms with Gasteiger partial charge >= 0.3 is 0 Å². The molecular weight excluding hydrogens is 226 g/mol. The van der Waals surface area contributed by atoms with Crippen LogP contribution in [0.2, 0.25) is 0 Å². The first-order valence-electron chi connectivity index (χ1n) is 7.08. The number of imidazole rings is 1. The van der Waals surface area contributed by atoms with Crippen molar-refractivity contribution in [3.8, 4) is 0 Å². The highest BCUT2D eigenvalue weighted by Gasteiger charge is 2.31. The second kappa shape index (κ2) is 6.34. The van der Waals surface area contributed by atoms with Gasteiger partial charge in [-0.1, -0.05) is 6.92 Å². The summed E-state index contributed by atoms with van der Waals surface area (Å²) in [6.07, 6.45) is 6.41. The molecule has 1 aliphatic heterocycles. The van der Waals surface area contributed by atoms with E-state index in [4.69, 9.17) is 4.74 Å². The van der Waals surface area contributed by atoms with E-state index in [1.165, 1.54) is 12.1 Å². The van der Waals surface area contributed by atoms with Gasteiger partial charge in [0.25, 0.3) is 0 Å². The van der Waals surface area contributed by atoms with Gasteiger partial charge in [0.15, 0.2) is 0 Å². The average molecular weight is 251 g/mol. The molecule has 0 bridgehead atoms. The van der Waals surface area contributed by atoms with E-state index in [1.54, 1.807) is 0 Å². The Kier molecular flexibility index (Phi) is 4.78. The molecule has 0 amide bonds. The van der Waals surface area contributed by atoms with Crippen LogP contribution in [0.4, 0.5) is 0 Å². The van der Waals surface area contributed by atoms with Crippen LogP contribution >= 0.6 is 0 Å². The number of rotatable bonds is 6. The van der Waals surface area contributed by atoms with Crippen LogP contribution in [0.15, 0.2) is 12.5 Å². The molecule has 4 nitrogen and oxygen atoms in total. The fraction of sp³-hybridized carbons (Fsp3) is 0.786. The average Bonchev–Trinajstić information content (AvgIpc) is 2.96. The van der Waals surface area contributed by atoms with E-state index in [0.29, 0.717) is 12.0 Å². The largest absolute Gasteiger partial charge is 0.372 e. The highest BCUT2D eigenvalue weighted by Crippen LogP contribution is 2.34. The van der Waals surface area contributed by atoms with Gasteiger partial charge in [-0.25, -0.2) is 4.98 Å². The lowest BCUT2D eigenvalue weighted by Crippen LogP contribution is -2.26. The van der Waals surface area contributed by atoms with Crippen LogP contribution in [0.3, 0.4) is 0 Å².